The molecule has 1 aromatic heterocycles. The Balaban J connectivity index is 2.30. The van der Waals surface area contributed by atoms with Crippen molar-refractivity contribution >= 4 is 20.9 Å². The van der Waals surface area contributed by atoms with Crippen LogP contribution in [0.25, 0.3) is 22.0 Å². The highest BCUT2D eigenvalue weighted by Crippen LogP contribution is 2.38. The summed E-state index contributed by atoms with van der Waals surface area (Å²) in [5.41, 5.74) is 9.61. The summed E-state index contributed by atoms with van der Waals surface area (Å²) in [6.45, 7) is 3.96. The Morgan fingerprint density at radius 1 is 1.14 bits per heavy atom. The third-order valence-electron chi connectivity index (χ3n) is 5.19. The van der Waals surface area contributed by atoms with E-state index in [1.807, 2.05) is 48.7 Å². The Hall–Kier alpha value is -2.48. The van der Waals surface area contributed by atoms with Gasteiger partial charge in [-0.15, -0.1) is 0 Å². The van der Waals surface area contributed by atoms with Crippen molar-refractivity contribution in [3.63, 3.8) is 0 Å². The van der Waals surface area contributed by atoms with Crippen molar-refractivity contribution in [1.82, 2.24) is 8.87 Å². The first-order valence-corrected chi connectivity index (χ1v) is 10.8. The SMILES string of the molecule is Cc1c(-c2c(C)n(CC(F)=CCN)c3ccccc23)cccc1S(=O)(=O)N(C)C. The van der Waals surface area contributed by atoms with Crippen LogP contribution >= 0.6 is 0 Å². The molecule has 0 fully saturated rings. The number of sulfonamides is 1. The van der Waals surface area contributed by atoms with E-state index >= 15 is 0 Å². The predicted octanol–water partition coefficient (Wildman–Crippen LogP) is 3.99. The molecule has 29 heavy (non-hydrogen) atoms. The van der Waals surface area contributed by atoms with Crippen molar-refractivity contribution in [2.24, 2.45) is 5.73 Å². The molecule has 0 bridgehead atoms. The zero-order valence-corrected chi connectivity index (χ0v) is 17.9. The Morgan fingerprint density at radius 3 is 2.48 bits per heavy atom. The Bertz CT molecular complexity index is 1190. The molecule has 2 aromatic carbocycles. The lowest BCUT2D eigenvalue weighted by Gasteiger charge is -2.16. The maximum absolute atomic E-state index is 14.3. The minimum Gasteiger partial charge on any atom is -0.337 e. The first-order valence-electron chi connectivity index (χ1n) is 9.35. The van der Waals surface area contributed by atoms with Gasteiger partial charge in [-0.25, -0.2) is 17.1 Å². The van der Waals surface area contributed by atoms with Crippen LogP contribution in [-0.4, -0.2) is 37.9 Å². The number of rotatable bonds is 6. The summed E-state index contributed by atoms with van der Waals surface area (Å²) < 4.78 is 42.9. The number of hydrogen-bond donors (Lipinski definition) is 1. The second-order valence-electron chi connectivity index (χ2n) is 7.17. The van der Waals surface area contributed by atoms with Crippen LogP contribution in [-0.2, 0) is 16.6 Å². The molecular weight excluding hydrogens is 389 g/mol. The molecule has 0 atom stereocenters. The van der Waals surface area contributed by atoms with Crippen molar-refractivity contribution in [1.29, 1.82) is 0 Å². The number of halogens is 1. The van der Waals surface area contributed by atoms with Gasteiger partial charge >= 0.3 is 0 Å². The molecule has 7 heteroatoms. The van der Waals surface area contributed by atoms with Crippen molar-refractivity contribution in [3.8, 4) is 11.1 Å². The van der Waals surface area contributed by atoms with E-state index in [1.54, 1.807) is 12.1 Å². The lowest BCUT2D eigenvalue weighted by atomic mass is 9.98. The van der Waals surface area contributed by atoms with E-state index in [0.717, 1.165) is 27.7 Å². The molecule has 0 saturated carbocycles. The molecule has 3 rings (SSSR count). The zero-order valence-electron chi connectivity index (χ0n) is 17.1. The van der Waals surface area contributed by atoms with Gasteiger partial charge in [0.2, 0.25) is 10.0 Å². The molecule has 5 nitrogen and oxygen atoms in total. The summed E-state index contributed by atoms with van der Waals surface area (Å²) in [5.74, 6) is -0.302. The molecule has 3 aromatic rings. The average Bonchev–Trinajstić information content (AvgIpc) is 2.94. The van der Waals surface area contributed by atoms with Crippen LogP contribution < -0.4 is 5.73 Å². The highest BCUT2D eigenvalue weighted by molar-refractivity contribution is 7.89. The zero-order chi connectivity index (χ0) is 21.3. The van der Waals surface area contributed by atoms with Crippen molar-refractivity contribution in [2.75, 3.05) is 20.6 Å². The molecule has 1 heterocycles. The number of aromatic nitrogens is 1. The van der Waals surface area contributed by atoms with Crippen LogP contribution in [0.3, 0.4) is 0 Å². The summed E-state index contributed by atoms with van der Waals surface area (Å²) in [6, 6.07) is 13.0. The second kappa shape index (κ2) is 8.10. The van der Waals surface area contributed by atoms with Crippen LogP contribution in [0.2, 0.25) is 0 Å². The van der Waals surface area contributed by atoms with Gasteiger partial charge in [0, 0.05) is 42.8 Å². The quantitative estimate of drug-likeness (QED) is 0.662. The fourth-order valence-corrected chi connectivity index (χ4v) is 4.82. The Kier molecular flexibility index (Phi) is 5.93. The lowest BCUT2D eigenvalue weighted by Crippen LogP contribution is -2.23. The summed E-state index contributed by atoms with van der Waals surface area (Å²) in [4.78, 5) is 0.269. The summed E-state index contributed by atoms with van der Waals surface area (Å²) in [7, 11) is -0.542. The minimum absolute atomic E-state index is 0.0816. The number of para-hydroxylation sites is 1. The normalized spacial score (nSPS) is 12.9. The summed E-state index contributed by atoms with van der Waals surface area (Å²) in [6.07, 6.45) is 1.36. The summed E-state index contributed by atoms with van der Waals surface area (Å²) >= 11 is 0. The van der Waals surface area contributed by atoms with Crippen molar-refractivity contribution < 1.29 is 12.8 Å². The van der Waals surface area contributed by atoms with Gasteiger partial charge < -0.3 is 10.3 Å². The van der Waals surface area contributed by atoms with Gasteiger partial charge in [0.05, 0.1) is 11.4 Å². The smallest absolute Gasteiger partial charge is 0.242 e. The number of nitrogens with zero attached hydrogens (tertiary/aromatic N) is 2. The lowest BCUT2D eigenvalue weighted by molar-refractivity contribution is 0.520. The van der Waals surface area contributed by atoms with Crippen LogP contribution in [0.5, 0.6) is 0 Å². The predicted molar refractivity (Wildman–Crippen MR) is 116 cm³/mol. The molecule has 0 aliphatic carbocycles. The number of allylic oxidation sites excluding steroid dienone is 1. The molecule has 0 aliphatic heterocycles. The fourth-order valence-electron chi connectivity index (χ4n) is 3.68. The first kappa shape index (κ1) is 21.2. The first-order chi connectivity index (χ1) is 13.7. The Labute approximate surface area is 171 Å². The van der Waals surface area contributed by atoms with Crippen LogP contribution in [0.4, 0.5) is 4.39 Å². The maximum atomic E-state index is 14.3. The van der Waals surface area contributed by atoms with Gasteiger partial charge in [-0.3, -0.25) is 0 Å². The van der Waals surface area contributed by atoms with Gasteiger partial charge in [-0.2, -0.15) is 0 Å². The molecule has 0 amide bonds. The van der Waals surface area contributed by atoms with Crippen LogP contribution in [0.1, 0.15) is 11.3 Å². The standard InChI is InChI=1S/C22H26FN3O2S/c1-15-18(9-7-11-21(15)29(27,28)25(3)4)22-16(2)26(14-17(23)12-13-24)20-10-6-5-8-19(20)22/h5-12H,13-14,24H2,1-4H3. The van der Waals surface area contributed by atoms with E-state index in [-0.39, 0.29) is 23.8 Å². The second-order valence-corrected chi connectivity index (χ2v) is 9.29. The summed E-state index contributed by atoms with van der Waals surface area (Å²) in [5, 5.41) is 0.952. The third kappa shape index (κ3) is 3.73. The third-order valence-corrected chi connectivity index (χ3v) is 7.15. The van der Waals surface area contributed by atoms with Gasteiger partial charge in [0.1, 0.15) is 5.83 Å². The fraction of sp³-hybridized carbons (Fsp3) is 0.273. The molecule has 0 unspecified atom stereocenters. The molecule has 0 spiro atoms. The largest absolute Gasteiger partial charge is 0.337 e. The van der Waals surface area contributed by atoms with E-state index in [0.29, 0.717) is 5.56 Å². The maximum Gasteiger partial charge on any atom is 0.242 e. The van der Waals surface area contributed by atoms with Gasteiger partial charge in [0.25, 0.3) is 0 Å². The Morgan fingerprint density at radius 2 is 1.83 bits per heavy atom. The molecule has 0 saturated heterocycles. The van der Waals surface area contributed by atoms with E-state index in [4.69, 9.17) is 5.73 Å². The van der Waals surface area contributed by atoms with Crippen molar-refractivity contribution in [2.45, 2.75) is 25.3 Å². The topological polar surface area (TPSA) is 68.3 Å². The van der Waals surface area contributed by atoms with E-state index in [9.17, 15) is 12.8 Å². The number of benzene rings is 2. The molecule has 0 aliphatic rings. The monoisotopic (exact) mass is 415 g/mol. The van der Waals surface area contributed by atoms with Gasteiger partial charge in [-0.05, 0) is 43.2 Å². The van der Waals surface area contributed by atoms with Crippen LogP contribution in [0.15, 0.2) is 59.3 Å². The number of nitrogens with two attached hydrogens (primary N) is 1. The molecular formula is C22H26FN3O2S. The average molecular weight is 416 g/mol. The minimum atomic E-state index is -3.58. The molecule has 2 N–H and O–H groups in total. The van der Waals surface area contributed by atoms with Crippen molar-refractivity contribution in [3.05, 3.63) is 65.6 Å². The molecule has 154 valence electrons. The number of fused-ring (bicyclic) bond motifs is 1. The van der Waals surface area contributed by atoms with E-state index in [2.05, 4.69) is 0 Å². The van der Waals surface area contributed by atoms with Gasteiger partial charge in [0.15, 0.2) is 0 Å². The molecule has 0 radical (unpaired) electrons. The highest BCUT2D eigenvalue weighted by Gasteiger charge is 2.24. The van der Waals surface area contributed by atoms with E-state index in [1.165, 1.54) is 24.5 Å². The van der Waals surface area contributed by atoms with E-state index < -0.39 is 10.0 Å². The highest BCUT2D eigenvalue weighted by atomic mass is 32.2. The van der Waals surface area contributed by atoms with Crippen LogP contribution in [0, 0.1) is 13.8 Å². The van der Waals surface area contributed by atoms with Gasteiger partial charge in [-0.1, -0.05) is 30.3 Å². The number of hydrogen-bond acceptors (Lipinski definition) is 3.